The summed E-state index contributed by atoms with van der Waals surface area (Å²) in [5.41, 5.74) is 3.62. The van der Waals surface area contributed by atoms with Gasteiger partial charge in [-0.1, -0.05) is 62.6 Å². The molecule has 1 nitrogen and oxygen atoms in total. The number of carbonyl (C=O) groups is 1. The van der Waals surface area contributed by atoms with Gasteiger partial charge in [0.25, 0.3) is 0 Å². The third kappa shape index (κ3) is 5.87. The monoisotopic (exact) mass is 258 g/mol. The van der Waals surface area contributed by atoms with Gasteiger partial charge in [-0.25, -0.2) is 0 Å². The summed E-state index contributed by atoms with van der Waals surface area (Å²) in [5.74, 6) is 0. The van der Waals surface area contributed by atoms with Crippen LogP contribution in [-0.2, 0) is 11.2 Å². The average molecular weight is 258 g/mol. The van der Waals surface area contributed by atoms with Crippen molar-refractivity contribution < 1.29 is 4.79 Å². The summed E-state index contributed by atoms with van der Waals surface area (Å²) in [5, 5.41) is 0. The standard InChI is InChI=1S/C18H26O/c1-3-5-12-17(13-6-4-2)18(15-19)14-16-10-8-7-9-11-16/h7-11,15H,3-6,12-14H2,1-2H3. The Kier molecular flexibility index (Phi) is 7.88. The van der Waals surface area contributed by atoms with Gasteiger partial charge in [0.15, 0.2) is 0 Å². The number of hydrogen-bond acceptors (Lipinski definition) is 1. The van der Waals surface area contributed by atoms with Gasteiger partial charge in [-0.15, -0.1) is 0 Å². The summed E-state index contributed by atoms with van der Waals surface area (Å²) in [6, 6.07) is 10.3. The molecule has 0 radical (unpaired) electrons. The molecule has 0 aliphatic heterocycles. The number of carbonyl (C=O) groups excluding carboxylic acids is 1. The van der Waals surface area contributed by atoms with Gasteiger partial charge in [-0.3, -0.25) is 4.79 Å². The van der Waals surface area contributed by atoms with Crippen molar-refractivity contribution in [2.24, 2.45) is 0 Å². The number of benzene rings is 1. The normalized spacial score (nSPS) is 10.2. The molecule has 0 unspecified atom stereocenters. The molecule has 1 heteroatoms. The first kappa shape index (κ1) is 15.7. The zero-order chi connectivity index (χ0) is 13.9. The summed E-state index contributed by atoms with van der Waals surface area (Å²) < 4.78 is 0. The van der Waals surface area contributed by atoms with Gasteiger partial charge < -0.3 is 0 Å². The summed E-state index contributed by atoms with van der Waals surface area (Å²) >= 11 is 0. The minimum atomic E-state index is 0.785. The lowest BCUT2D eigenvalue weighted by molar-refractivity contribution is -0.105. The highest BCUT2D eigenvalue weighted by molar-refractivity contribution is 5.75. The zero-order valence-electron chi connectivity index (χ0n) is 12.3. The summed E-state index contributed by atoms with van der Waals surface area (Å²) in [6.45, 7) is 4.41. The van der Waals surface area contributed by atoms with Crippen LogP contribution < -0.4 is 0 Å². The van der Waals surface area contributed by atoms with Crippen LogP contribution in [0.4, 0.5) is 0 Å². The molecule has 1 aromatic carbocycles. The Morgan fingerprint density at radius 2 is 1.58 bits per heavy atom. The van der Waals surface area contributed by atoms with Crippen molar-refractivity contribution in [3.8, 4) is 0 Å². The molecule has 0 N–H and O–H groups in total. The first-order valence-corrected chi connectivity index (χ1v) is 7.51. The maximum absolute atomic E-state index is 11.4. The van der Waals surface area contributed by atoms with Gasteiger partial charge in [-0.2, -0.15) is 0 Å². The van der Waals surface area contributed by atoms with Crippen molar-refractivity contribution in [3.05, 3.63) is 47.0 Å². The lowest BCUT2D eigenvalue weighted by Crippen LogP contribution is -1.99. The van der Waals surface area contributed by atoms with Gasteiger partial charge in [0.1, 0.15) is 6.29 Å². The Labute approximate surface area is 117 Å². The van der Waals surface area contributed by atoms with E-state index >= 15 is 0 Å². The van der Waals surface area contributed by atoms with Crippen molar-refractivity contribution in [1.82, 2.24) is 0 Å². The van der Waals surface area contributed by atoms with E-state index in [0.29, 0.717) is 0 Å². The summed E-state index contributed by atoms with van der Waals surface area (Å²) in [4.78, 5) is 11.4. The number of rotatable bonds is 9. The lowest BCUT2D eigenvalue weighted by atomic mass is 9.94. The van der Waals surface area contributed by atoms with Crippen LogP contribution >= 0.6 is 0 Å². The fourth-order valence-electron chi connectivity index (χ4n) is 2.29. The van der Waals surface area contributed by atoms with Crippen LogP contribution in [0.15, 0.2) is 41.5 Å². The van der Waals surface area contributed by atoms with Crippen molar-refractivity contribution in [3.63, 3.8) is 0 Å². The first-order valence-electron chi connectivity index (χ1n) is 7.51. The van der Waals surface area contributed by atoms with Gasteiger partial charge in [0.05, 0.1) is 0 Å². The Morgan fingerprint density at radius 3 is 2.05 bits per heavy atom. The molecular weight excluding hydrogens is 232 g/mol. The molecule has 0 heterocycles. The molecule has 104 valence electrons. The molecule has 0 aliphatic rings. The fraction of sp³-hybridized carbons (Fsp3) is 0.500. The number of unbranched alkanes of at least 4 members (excludes halogenated alkanes) is 2. The smallest absolute Gasteiger partial charge is 0.146 e. The van der Waals surface area contributed by atoms with E-state index in [1.807, 2.05) is 18.2 Å². The summed E-state index contributed by atoms with van der Waals surface area (Å²) in [7, 11) is 0. The maximum Gasteiger partial charge on any atom is 0.146 e. The predicted molar refractivity (Wildman–Crippen MR) is 82.3 cm³/mol. The van der Waals surface area contributed by atoms with Crippen molar-refractivity contribution in [2.75, 3.05) is 0 Å². The second-order valence-corrected chi connectivity index (χ2v) is 5.12. The molecule has 1 aromatic rings. The quantitative estimate of drug-likeness (QED) is 0.444. The Morgan fingerprint density at radius 1 is 1.00 bits per heavy atom. The third-order valence-corrected chi connectivity index (χ3v) is 3.50. The van der Waals surface area contributed by atoms with E-state index in [0.717, 1.165) is 31.1 Å². The second kappa shape index (κ2) is 9.55. The van der Waals surface area contributed by atoms with E-state index in [-0.39, 0.29) is 0 Å². The van der Waals surface area contributed by atoms with E-state index in [9.17, 15) is 4.79 Å². The Hall–Kier alpha value is -1.37. The topological polar surface area (TPSA) is 17.1 Å². The molecule has 0 saturated carbocycles. The highest BCUT2D eigenvalue weighted by Gasteiger charge is 2.07. The van der Waals surface area contributed by atoms with E-state index in [4.69, 9.17) is 0 Å². The van der Waals surface area contributed by atoms with Gasteiger partial charge in [-0.05, 0) is 36.8 Å². The Bertz CT molecular complexity index is 379. The molecule has 0 spiro atoms. The molecule has 0 saturated heterocycles. The van der Waals surface area contributed by atoms with Crippen LogP contribution in [0.25, 0.3) is 0 Å². The number of aldehydes is 1. The highest BCUT2D eigenvalue weighted by atomic mass is 16.1. The van der Waals surface area contributed by atoms with Crippen LogP contribution in [0.5, 0.6) is 0 Å². The number of hydrogen-bond donors (Lipinski definition) is 0. The third-order valence-electron chi connectivity index (χ3n) is 3.50. The molecule has 0 bridgehead atoms. The van der Waals surface area contributed by atoms with Gasteiger partial charge in [0, 0.05) is 6.42 Å². The molecular formula is C18H26O. The molecule has 19 heavy (non-hydrogen) atoms. The highest BCUT2D eigenvalue weighted by Crippen LogP contribution is 2.21. The molecule has 1 rings (SSSR count). The lowest BCUT2D eigenvalue weighted by Gasteiger charge is -2.11. The molecule has 0 amide bonds. The predicted octanol–water partition coefficient (Wildman–Crippen LogP) is 5.11. The van der Waals surface area contributed by atoms with Crippen LogP contribution in [0, 0.1) is 0 Å². The van der Waals surface area contributed by atoms with Crippen LogP contribution in [0.1, 0.15) is 57.9 Å². The van der Waals surface area contributed by atoms with E-state index < -0.39 is 0 Å². The molecule has 0 aromatic heterocycles. The Balaban J connectivity index is 2.83. The van der Waals surface area contributed by atoms with Crippen molar-refractivity contribution in [1.29, 1.82) is 0 Å². The summed E-state index contributed by atoms with van der Waals surface area (Å²) in [6.07, 6.45) is 8.77. The molecule has 0 atom stereocenters. The fourth-order valence-corrected chi connectivity index (χ4v) is 2.29. The van der Waals surface area contributed by atoms with E-state index in [1.165, 1.54) is 36.8 Å². The van der Waals surface area contributed by atoms with E-state index in [2.05, 4.69) is 26.0 Å². The van der Waals surface area contributed by atoms with Gasteiger partial charge >= 0.3 is 0 Å². The molecule has 0 aliphatic carbocycles. The van der Waals surface area contributed by atoms with E-state index in [1.54, 1.807) is 0 Å². The van der Waals surface area contributed by atoms with Crippen molar-refractivity contribution in [2.45, 2.75) is 58.8 Å². The number of allylic oxidation sites excluding steroid dienone is 2. The SMILES string of the molecule is CCCCC(CCCC)=C(C=O)Cc1ccccc1. The maximum atomic E-state index is 11.4. The second-order valence-electron chi connectivity index (χ2n) is 5.12. The average Bonchev–Trinajstić information content (AvgIpc) is 2.46. The van der Waals surface area contributed by atoms with Crippen molar-refractivity contribution >= 4 is 6.29 Å². The van der Waals surface area contributed by atoms with Gasteiger partial charge in [0.2, 0.25) is 0 Å². The zero-order valence-corrected chi connectivity index (χ0v) is 12.3. The van der Waals surface area contributed by atoms with Crippen LogP contribution in [0.2, 0.25) is 0 Å². The van der Waals surface area contributed by atoms with Crippen LogP contribution in [0.3, 0.4) is 0 Å². The van der Waals surface area contributed by atoms with Crippen LogP contribution in [-0.4, -0.2) is 6.29 Å². The minimum Gasteiger partial charge on any atom is -0.298 e. The minimum absolute atomic E-state index is 0.785. The molecule has 0 fully saturated rings. The first-order chi connectivity index (χ1) is 9.31. The largest absolute Gasteiger partial charge is 0.298 e.